The Balaban J connectivity index is 0.00000242. The molecule has 2 fully saturated rings. The monoisotopic (exact) mass is 422 g/mol. The summed E-state index contributed by atoms with van der Waals surface area (Å²) in [6, 6.07) is 0.578. The Hall–Kier alpha value is -0.0400. The summed E-state index contributed by atoms with van der Waals surface area (Å²) >= 11 is 0. The molecule has 0 aromatic heterocycles. The second-order valence-electron chi connectivity index (χ2n) is 7.39. The van der Waals surface area contributed by atoms with Gasteiger partial charge in [-0.05, 0) is 57.0 Å². The van der Waals surface area contributed by atoms with Gasteiger partial charge in [-0.25, -0.2) is 0 Å². The molecule has 2 N–H and O–H groups in total. The van der Waals surface area contributed by atoms with Crippen molar-refractivity contribution in [3.63, 3.8) is 0 Å². The third-order valence-electron chi connectivity index (χ3n) is 4.97. The number of piperidine rings is 1. The van der Waals surface area contributed by atoms with E-state index in [1.165, 1.54) is 45.2 Å². The Kier molecular flexibility index (Phi) is 9.05. The summed E-state index contributed by atoms with van der Waals surface area (Å²) in [4.78, 5) is 9.64. The first-order valence-corrected chi connectivity index (χ1v) is 8.85. The summed E-state index contributed by atoms with van der Waals surface area (Å²) in [5.41, 5.74) is 6.23. The fraction of sp³-hybridized carbons (Fsp3) is 0.941. The van der Waals surface area contributed by atoms with E-state index in [2.05, 4.69) is 30.6 Å². The molecule has 4 nitrogen and oxygen atoms in total. The van der Waals surface area contributed by atoms with Crippen LogP contribution in [0, 0.1) is 11.8 Å². The Morgan fingerprint density at radius 2 is 1.73 bits per heavy atom. The number of nitrogens with zero attached hydrogens (tertiary/aromatic N) is 3. The van der Waals surface area contributed by atoms with Crippen LogP contribution in [0.3, 0.4) is 0 Å². The molecule has 22 heavy (non-hydrogen) atoms. The van der Waals surface area contributed by atoms with Gasteiger partial charge in [0.25, 0.3) is 0 Å². The van der Waals surface area contributed by atoms with Gasteiger partial charge < -0.3 is 10.6 Å². The Bertz CT molecular complexity index is 332. The molecular weight excluding hydrogens is 387 g/mol. The lowest BCUT2D eigenvalue weighted by Gasteiger charge is -2.32. The van der Waals surface area contributed by atoms with Gasteiger partial charge in [-0.2, -0.15) is 0 Å². The highest BCUT2D eigenvalue weighted by molar-refractivity contribution is 14.0. The van der Waals surface area contributed by atoms with E-state index in [-0.39, 0.29) is 24.0 Å². The van der Waals surface area contributed by atoms with Crippen LogP contribution < -0.4 is 5.73 Å². The summed E-state index contributed by atoms with van der Waals surface area (Å²) in [7, 11) is 0. The molecule has 2 aliphatic rings. The SMILES string of the molecule is CC(C)CC(CN=C(N)N1CCC(C)CC1)N1CCCC1.I. The van der Waals surface area contributed by atoms with Crippen molar-refractivity contribution in [2.24, 2.45) is 22.6 Å². The molecule has 0 spiro atoms. The fourth-order valence-corrected chi connectivity index (χ4v) is 3.53. The van der Waals surface area contributed by atoms with Gasteiger partial charge in [-0.15, -0.1) is 24.0 Å². The highest BCUT2D eigenvalue weighted by atomic mass is 127. The number of rotatable bonds is 5. The third kappa shape index (κ3) is 6.22. The normalized spacial score (nSPS) is 22.9. The highest BCUT2D eigenvalue weighted by Gasteiger charge is 2.23. The largest absolute Gasteiger partial charge is 0.370 e. The predicted molar refractivity (Wildman–Crippen MR) is 106 cm³/mol. The average molecular weight is 422 g/mol. The Labute approximate surface area is 153 Å². The smallest absolute Gasteiger partial charge is 0.191 e. The Morgan fingerprint density at radius 3 is 2.27 bits per heavy atom. The molecule has 2 aliphatic heterocycles. The van der Waals surface area contributed by atoms with Crippen LogP contribution in [-0.2, 0) is 0 Å². The predicted octanol–water partition coefficient (Wildman–Crippen LogP) is 3.16. The van der Waals surface area contributed by atoms with Crippen molar-refractivity contribution < 1.29 is 0 Å². The lowest BCUT2D eigenvalue weighted by atomic mass is 9.99. The Morgan fingerprint density at radius 1 is 1.14 bits per heavy atom. The van der Waals surface area contributed by atoms with Gasteiger partial charge >= 0.3 is 0 Å². The molecule has 2 saturated heterocycles. The zero-order valence-corrected chi connectivity index (χ0v) is 17.0. The quantitative estimate of drug-likeness (QED) is 0.421. The van der Waals surface area contributed by atoms with E-state index in [9.17, 15) is 0 Å². The van der Waals surface area contributed by atoms with Crippen molar-refractivity contribution in [2.45, 2.75) is 58.9 Å². The number of aliphatic imine (C=N–C) groups is 1. The molecule has 2 heterocycles. The lowest BCUT2D eigenvalue weighted by Crippen LogP contribution is -2.43. The van der Waals surface area contributed by atoms with Crippen LogP contribution >= 0.6 is 24.0 Å². The van der Waals surface area contributed by atoms with Crippen molar-refractivity contribution in [1.82, 2.24) is 9.80 Å². The number of halogens is 1. The van der Waals surface area contributed by atoms with Crippen molar-refractivity contribution in [2.75, 3.05) is 32.7 Å². The lowest BCUT2D eigenvalue weighted by molar-refractivity contribution is 0.217. The van der Waals surface area contributed by atoms with E-state index in [0.29, 0.717) is 6.04 Å². The van der Waals surface area contributed by atoms with E-state index in [4.69, 9.17) is 10.7 Å². The molecule has 0 saturated carbocycles. The van der Waals surface area contributed by atoms with Crippen LogP contribution in [0.4, 0.5) is 0 Å². The maximum Gasteiger partial charge on any atom is 0.191 e. The summed E-state index contributed by atoms with van der Waals surface area (Å²) in [5, 5.41) is 0. The maximum atomic E-state index is 6.23. The second-order valence-corrected chi connectivity index (χ2v) is 7.39. The molecule has 1 unspecified atom stereocenters. The minimum Gasteiger partial charge on any atom is -0.370 e. The number of guanidine groups is 1. The molecule has 0 aromatic carbocycles. The second kappa shape index (κ2) is 9.96. The average Bonchev–Trinajstić information content (AvgIpc) is 2.97. The van der Waals surface area contributed by atoms with E-state index in [1.807, 2.05) is 0 Å². The van der Waals surface area contributed by atoms with Crippen LogP contribution in [0.15, 0.2) is 4.99 Å². The third-order valence-corrected chi connectivity index (χ3v) is 4.97. The van der Waals surface area contributed by atoms with Crippen LogP contribution in [0.25, 0.3) is 0 Å². The first-order chi connectivity index (χ1) is 10.1. The topological polar surface area (TPSA) is 44.9 Å². The van der Waals surface area contributed by atoms with Crippen molar-refractivity contribution in [3.8, 4) is 0 Å². The highest BCUT2D eigenvalue weighted by Crippen LogP contribution is 2.19. The zero-order chi connectivity index (χ0) is 15.2. The number of likely N-dealkylation sites (tertiary alicyclic amines) is 2. The van der Waals surface area contributed by atoms with E-state index in [0.717, 1.165) is 37.4 Å². The molecule has 0 aliphatic carbocycles. The minimum absolute atomic E-state index is 0. The van der Waals surface area contributed by atoms with E-state index < -0.39 is 0 Å². The molecule has 5 heteroatoms. The molecule has 1 atom stereocenters. The summed E-state index contributed by atoms with van der Waals surface area (Å²) in [6.07, 6.45) is 6.42. The zero-order valence-electron chi connectivity index (χ0n) is 14.6. The summed E-state index contributed by atoms with van der Waals surface area (Å²) < 4.78 is 0. The fourth-order valence-electron chi connectivity index (χ4n) is 3.53. The molecule has 130 valence electrons. The van der Waals surface area contributed by atoms with Gasteiger partial charge in [-0.3, -0.25) is 9.89 Å². The number of hydrogen-bond acceptors (Lipinski definition) is 2. The standard InChI is InChI=1S/C17H34N4.HI/c1-14(2)12-16(20-8-4-5-9-20)13-19-17(18)21-10-6-15(3)7-11-21;/h14-16H,4-13H2,1-3H3,(H2,18,19);1H. The van der Waals surface area contributed by atoms with Gasteiger partial charge in [0.2, 0.25) is 0 Å². The van der Waals surface area contributed by atoms with Gasteiger partial charge in [0.05, 0.1) is 6.54 Å². The molecule has 2 rings (SSSR count). The first kappa shape index (κ1) is 20.0. The summed E-state index contributed by atoms with van der Waals surface area (Å²) in [6.45, 7) is 12.5. The van der Waals surface area contributed by atoms with E-state index >= 15 is 0 Å². The number of hydrogen-bond donors (Lipinski definition) is 1. The minimum atomic E-state index is 0. The summed E-state index contributed by atoms with van der Waals surface area (Å²) in [5.74, 6) is 2.34. The molecule has 0 bridgehead atoms. The van der Waals surface area contributed by atoms with Crippen molar-refractivity contribution in [3.05, 3.63) is 0 Å². The first-order valence-electron chi connectivity index (χ1n) is 8.85. The van der Waals surface area contributed by atoms with E-state index in [1.54, 1.807) is 0 Å². The number of nitrogens with two attached hydrogens (primary N) is 1. The van der Waals surface area contributed by atoms with Crippen molar-refractivity contribution in [1.29, 1.82) is 0 Å². The van der Waals surface area contributed by atoms with Gasteiger partial charge in [0.1, 0.15) is 0 Å². The molecule has 0 aromatic rings. The van der Waals surface area contributed by atoms with Crippen LogP contribution in [0.2, 0.25) is 0 Å². The molecule has 0 amide bonds. The molecular formula is C17H35IN4. The van der Waals surface area contributed by atoms with Gasteiger partial charge in [-0.1, -0.05) is 20.8 Å². The van der Waals surface area contributed by atoms with Crippen molar-refractivity contribution >= 4 is 29.9 Å². The molecule has 0 radical (unpaired) electrons. The van der Waals surface area contributed by atoms with Crippen LogP contribution in [-0.4, -0.2) is 54.5 Å². The van der Waals surface area contributed by atoms with Crippen LogP contribution in [0.1, 0.15) is 52.9 Å². The van der Waals surface area contributed by atoms with Gasteiger partial charge in [0.15, 0.2) is 5.96 Å². The van der Waals surface area contributed by atoms with Crippen LogP contribution in [0.5, 0.6) is 0 Å². The maximum absolute atomic E-state index is 6.23. The van der Waals surface area contributed by atoms with Gasteiger partial charge in [0, 0.05) is 19.1 Å².